The van der Waals surface area contributed by atoms with Crippen LogP contribution in [0, 0.1) is 5.92 Å². The van der Waals surface area contributed by atoms with E-state index in [-0.39, 0.29) is 29.6 Å². The lowest BCUT2D eigenvalue weighted by Crippen LogP contribution is -2.49. The predicted molar refractivity (Wildman–Crippen MR) is 126 cm³/mol. The second-order valence-electron chi connectivity index (χ2n) is 9.52. The standard InChI is InChI=1S/C24H33N3O5S/c1-17-8-10-25(11-9-17)23(28)15-26-14-22(20-6-4-5-7-21(20)26)33(30,31)16-24(29)27-12-18(2)32-19(3)13-27/h4-7,14,17-19H,8-13,15-16H2,1-3H3. The van der Waals surface area contributed by atoms with Crippen molar-refractivity contribution in [1.29, 1.82) is 0 Å². The molecule has 2 aliphatic rings. The monoisotopic (exact) mass is 475 g/mol. The van der Waals surface area contributed by atoms with E-state index in [4.69, 9.17) is 4.74 Å². The lowest BCUT2D eigenvalue weighted by atomic mass is 9.99. The number of carbonyl (C=O) groups excluding carboxylic acids is 2. The Morgan fingerprint density at radius 2 is 1.61 bits per heavy atom. The van der Waals surface area contributed by atoms with E-state index in [1.54, 1.807) is 21.6 Å². The molecule has 0 radical (unpaired) electrons. The maximum absolute atomic E-state index is 13.3. The Morgan fingerprint density at radius 1 is 0.970 bits per heavy atom. The Hall–Kier alpha value is -2.39. The predicted octanol–water partition coefficient (Wildman–Crippen LogP) is 2.31. The molecule has 0 bridgehead atoms. The van der Waals surface area contributed by atoms with E-state index in [0.29, 0.717) is 29.9 Å². The third-order valence-electron chi connectivity index (χ3n) is 6.61. The summed E-state index contributed by atoms with van der Waals surface area (Å²) in [5.41, 5.74) is 0.677. The van der Waals surface area contributed by atoms with Gasteiger partial charge in [-0.25, -0.2) is 8.42 Å². The zero-order valence-electron chi connectivity index (χ0n) is 19.6. The average Bonchev–Trinajstić information content (AvgIpc) is 3.13. The summed E-state index contributed by atoms with van der Waals surface area (Å²) >= 11 is 0. The summed E-state index contributed by atoms with van der Waals surface area (Å²) in [5, 5.41) is 0.536. The molecule has 4 rings (SSSR count). The van der Waals surface area contributed by atoms with Crippen LogP contribution in [-0.2, 0) is 30.7 Å². The van der Waals surface area contributed by atoms with Crippen LogP contribution in [0.25, 0.3) is 10.9 Å². The van der Waals surface area contributed by atoms with Gasteiger partial charge < -0.3 is 19.1 Å². The highest BCUT2D eigenvalue weighted by molar-refractivity contribution is 7.92. The van der Waals surface area contributed by atoms with Crippen molar-refractivity contribution in [3.05, 3.63) is 30.5 Å². The second-order valence-corrected chi connectivity index (χ2v) is 11.5. The first-order valence-corrected chi connectivity index (χ1v) is 13.3. The molecule has 0 N–H and O–H groups in total. The van der Waals surface area contributed by atoms with E-state index in [1.165, 1.54) is 6.20 Å². The fourth-order valence-electron chi connectivity index (χ4n) is 4.81. The molecule has 1 aromatic heterocycles. The molecular formula is C24H33N3O5S. The molecule has 1 aromatic carbocycles. The molecule has 2 aliphatic heterocycles. The molecule has 0 saturated carbocycles. The number of nitrogens with zero attached hydrogens (tertiary/aromatic N) is 3. The van der Waals surface area contributed by atoms with Gasteiger partial charge in [-0.15, -0.1) is 0 Å². The van der Waals surface area contributed by atoms with Gasteiger partial charge in [-0.3, -0.25) is 9.59 Å². The largest absolute Gasteiger partial charge is 0.372 e. The van der Waals surface area contributed by atoms with Crippen molar-refractivity contribution in [1.82, 2.24) is 14.4 Å². The van der Waals surface area contributed by atoms with Gasteiger partial charge in [0, 0.05) is 43.3 Å². The highest BCUT2D eigenvalue weighted by atomic mass is 32.2. The van der Waals surface area contributed by atoms with Crippen molar-refractivity contribution < 1.29 is 22.7 Å². The van der Waals surface area contributed by atoms with E-state index in [2.05, 4.69) is 6.92 Å². The van der Waals surface area contributed by atoms with Crippen LogP contribution in [0.1, 0.15) is 33.6 Å². The van der Waals surface area contributed by atoms with Crippen molar-refractivity contribution >= 4 is 32.6 Å². The van der Waals surface area contributed by atoms with Crippen molar-refractivity contribution in [3.8, 4) is 0 Å². The quantitative estimate of drug-likeness (QED) is 0.662. The molecule has 33 heavy (non-hydrogen) atoms. The number of carbonyl (C=O) groups is 2. The maximum atomic E-state index is 13.3. The van der Waals surface area contributed by atoms with Crippen LogP contribution < -0.4 is 0 Å². The number of ether oxygens (including phenoxy) is 1. The topological polar surface area (TPSA) is 88.9 Å². The molecule has 2 amide bonds. The highest BCUT2D eigenvalue weighted by Crippen LogP contribution is 2.27. The number of sulfone groups is 1. The third-order valence-corrected chi connectivity index (χ3v) is 8.24. The molecule has 9 heteroatoms. The van der Waals surface area contributed by atoms with Crippen LogP contribution in [0.15, 0.2) is 35.4 Å². The van der Waals surface area contributed by atoms with Gasteiger partial charge in [0.1, 0.15) is 12.3 Å². The van der Waals surface area contributed by atoms with Crippen LogP contribution >= 0.6 is 0 Å². The van der Waals surface area contributed by atoms with Crippen LogP contribution in [0.2, 0.25) is 0 Å². The Labute approximate surface area is 195 Å². The first-order chi connectivity index (χ1) is 15.6. The number of hydrogen-bond donors (Lipinski definition) is 0. The molecule has 0 spiro atoms. The molecule has 2 unspecified atom stereocenters. The Kier molecular flexibility index (Phi) is 6.81. The van der Waals surface area contributed by atoms with Gasteiger partial charge in [0.15, 0.2) is 9.84 Å². The number of amides is 2. The molecule has 2 aromatic rings. The maximum Gasteiger partial charge on any atom is 0.242 e. The van der Waals surface area contributed by atoms with Crippen molar-refractivity contribution in [2.75, 3.05) is 31.9 Å². The number of aromatic nitrogens is 1. The van der Waals surface area contributed by atoms with Crippen LogP contribution in [0.4, 0.5) is 0 Å². The van der Waals surface area contributed by atoms with Crippen LogP contribution in [0.5, 0.6) is 0 Å². The number of para-hydroxylation sites is 1. The average molecular weight is 476 g/mol. The fourth-order valence-corrected chi connectivity index (χ4v) is 6.27. The van der Waals surface area contributed by atoms with E-state index >= 15 is 0 Å². The number of hydrogen-bond acceptors (Lipinski definition) is 5. The molecule has 180 valence electrons. The van der Waals surface area contributed by atoms with Gasteiger partial charge >= 0.3 is 0 Å². The van der Waals surface area contributed by atoms with E-state index in [1.807, 2.05) is 30.9 Å². The minimum atomic E-state index is -3.90. The van der Waals surface area contributed by atoms with Crippen LogP contribution in [0.3, 0.4) is 0 Å². The van der Waals surface area contributed by atoms with Crippen molar-refractivity contribution in [3.63, 3.8) is 0 Å². The smallest absolute Gasteiger partial charge is 0.242 e. The van der Waals surface area contributed by atoms with E-state index in [9.17, 15) is 18.0 Å². The first-order valence-electron chi connectivity index (χ1n) is 11.7. The summed E-state index contributed by atoms with van der Waals surface area (Å²) in [6, 6.07) is 7.14. The zero-order valence-corrected chi connectivity index (χ0v) is 20.4. The van der Waals surface area contributed by atoms with Crippen molar-refractivity contribution in [2.24, 2.45) is 5.92 Å². The lowest BCUT2D eigenvalue weighted by Gasteiger charge is -2.35. The molecule has 2 saturated heterocycles. The second kappa shape index (κ2) is 9.46. The van der Waals surface area contributed by atoms with Gasteiger partial charge in [0.05, 0.1) is 17.1 Å². The SMILES string of the molecule is CC1CCN(C(=O)Cn2cc(S(=O)(=O)CC(=O)N3CC(C)OC(C)C3)c3ccccc32)CC1. The molecule has 3 heterocycles. The first kappa shape index (κ1) is 23.8. The molecular weight excluding hydrogens is 442 g/mol. The Morgan fingerprint density at radius 3 is 2.27 bits per heavy atom. The minimum absolute atomic E-state index is 0.0148. The highest BCUT2D eigenvalue weighted by Gasteiger charge is 2.31. The summed E-state index contributed by atoms with van der Waals surface area (Å²) in [7, 11) is -3.90. The van der Waals surface area contributed by atoms with E-state index in [0.717, 1.165) is 25.9 Å². The van der Waals surface area contributed by atoms with Gasteiger partial charge in [-0.05, 0) is 38.7 Å². The van der Waals surface area contributed by atoms with Gasteiger partial charge in [-0.1, -0.05) is 25.1 Å². The third kappa shape index (κ3) is 5.24. The van der Waals surface area contributed by atoms with Gasteiger partial charge in [0.2, 0.25) is 11.8 Å². The Bertz CT molecular complexity index is 1120. The number of morpholine rings is 1. The van der Waals surface area contributed by atoms with Gasteiger partial charge in [0.25, 0.3) is 0 Å². The fraction of sp³-hybridized carbons (Fsp3) is 0.583. The number of likely N-dealkylation sites (tertiary alicyclic amines) is 1. The Balaban J connectivity index is 1.56. The summed E-state index contributed by atoms with van der Waals surface area (Å²) in [5.74, 6) is -0.419. The lowest BCUT2D eigenvalue weighted by molar-refractivity contribution is -0.140. The molecule has 0 aliphatic carbocycles. The number of rotatable bonds is 5. The summed E-state index contributed by atoms with van der Waals surface area (Å²) in [6.45, 7) is 8.24. The summed E-state index contributed by atoms with van der Waals surface area (Å²) < 4.78 is 34.0. The molecule has 8 nitrogen and oxygen atoms in total. The number of fused-ring (bicyclic) bond motifs is 1. The van der Waals surface area contributed by atoms with E-state index < -0.39 is 21.5 Å². The molecule has 2 atom stereocenters. The van der Waals surface area contributed by atoms with Gasteiger partial charge in [-0.2, -0.15) is 0 Å². The number of piperidine rings is 1. The summed E-state index contributed by atoms with van der Waals surface area (Å²) in [6.07, 6.45) is 3.22. The summed E-state index contributed by atoms with van der Waals surface area (Å²) in [4.78, 5) is 29.3. The minimum Gasteiger partial charge on any atom is -0.372 e. The van der Waals surface area contributed by atoms with Crippen molar-refractivity contribution in [2.45, 2.75) is 57.3 Å². The number of benzene rings is 1. The molecule has 2 fully saturated rings. The zero-order chi connectivity index (χ0) is 23.8. The van der Waals surface area contributed by atoms with Crippen LogP contribution in [-0.4, -0.2) is 78.7 Å². The normalized spacial score (nSPS) is 22.6.